The molecule has 0 aliphatic carbocycles. The fourth-order valence-corrected chi connectivity index (χ4v) is 3.53. The van der Waals surface area contributed by atoms with Gasteiger partial charge in [0.1, 0.15) is 22.3 Å². The lowest BCUT2D eigenvalue weighted by Crippen LogP contribution is -1.92. The Hall–Kier alpha value is -3.59. The van der Waals surface area contributed by atoms with Crippen LogP contribution in [-0.4, -0.2) is 41.7 Å². The Kier molecular flexibility index (Phi) is 6.32. The molecular formula is C22H20N4O4S. The molecule has 2 heterocycles. The average molecular weight is 436 g/mol. The first-order valence-corrected chi connectivity index (χ1v) is 10.3. The van der Waals surface area contributed by atoms with E-state index in [1.54, 1.807) is 27.4 Å². The molecule has 4 aromatic rings. The molecule has 0 unspecified atom stereocenters. The maximum atomic E-state index is 5.41. The van der Waals surface area contributed by atoms with Crippen LogP contribution in [0.3, 0.4) is 0 Å². The van der Waals surface area contributed by atoms with Crippen molar-refractivity contribution in [3.63, 3.8) is 0 Å². The van der Waals surface area contributed by atoms with Crippen LogP contribution in [0.15, 0.2) is 64.1 Å². The van der Waals surface area contributed by atoms with Gasteiger partial charge in [-0.2, -0.15) is 4.98 Å². The van der Waals surface area contributed by atoms with Gasteiger partial charge in [-0.25, -0.2) is 0 Å². The second-order valence-corrected chi connectivity index (χ2v) is 7.35. The molecule has 0 spiro atoms. The number of ether oxygens (including phenoxy) is 3. The predicted molar refractivity (Wildman–Crippen MR) is 116 cm³/mol. The van der Waals surface area contributed by atoms with Gasteiger partial charge in [0.15, 0.2) is 0 Å². The Morgan fingerprint density at radius 1 is 0.871 bits per heavy atom. The summed E-state index contributed by atoms with van der Waals surface area (Å²) in [6, 6.07) is 17.0. The number of nitrogens with zero attached hydrogens (tertiary/aromatic N) is 4. The zero-order valence-corrected chi connectivity index (χ0v) is 18.0. The summed E-state index contributed by atoms with van der Waals surface area (Å²) in [6.45, 7) is 0. The lowest BCUT2D eigenvalue weighted by Gasteiger charge is -2.07. The molecule has 0 aliphatic rings. The minimum Gasteiger partial charge on any atom is -0.497 e. The second-order valence-electron chi connectivity index (χ2n) is 6.36. The normalized spacial score (nSPS) is 10.7. The number of rotatable bonds is 8. The number of benzene rings is 2. The van der Waals surface area contributed by atoms with Gasteiger partial charge in [-0.05, 0) is 36.4 Å². The third kappa shape index (κ3) is 4.77. The lowest BCUT2D eigenvalue weighted by molar-refractivity contribution is 0.388. The van der Waals surface area contributed by atoms with E-state index in [1.165, 1.54) is 11.8 Å². The smallest absolute Gasteiger partial charge is 0.237 e. The Morgan fingerprint density at radius 2 is 1.71 bits per heavy atom. The molecule has 0 amide bonds. The van der Waals surface area contributed by atoms with Crippen LogP contribution in [0.4, 0.5) is 0 Å². The van der Waals surface area contributed by atoms with Crippen LogP contribution in [0, 0.1) is 0 Å². The summed E-state index contributed by atoms with van der Waals surface area (Å²) in [5.74, 6) is 3.48. The van der Waals surface area contributed by atoms with Crippen LogP contribution in [0.25, 0.3) is 22.6 Å². The minimum atomic E-state index is 0.453. The number of hydrogen-bond donors (Lipinski definition) is 0. The van der Waals surface area contributed by atoms with E-state index in [0.717, 1.165) is 27.6 Å². The van der Waals surface area contributed by atoms with Crippen LogP contribution in [-0.2, 0) is 5.75 Å². The Balaban J connectivity index is 1.43. The van der Waals surface area contributed by atoms with Crippen molar-refractivity contribution in [3.8, 4) is 39.9 Å². The van der Waals surface area contributed by atoms with Crippen molar-refractivity contribution in [2.45, 2.75) is 10.8 Å². The molecule has 9 heteroatoms. The van der Waals surface area contributed by atoms with Crippen LogP contribution in [0.2, 0.25) is 0 Å². The Labute approximate surface area is 183 Å². The standard InChI is InChI=1S/C22H20N4O4S/c1-27-15-6-4-5-14(11-15)18-9-10-21(25-24-18)31-13-20-23-22(26-30-20)17-8-7-16(28-2)12-19(17)29-3/h4-12H,13H2,1-3H3. The molecule has 8 nitrogen and oxygen atoms in total. The van der Waals surface area contributed by atoms with Gasteiger partial charge in [-0.15, -0.1) is 10.2 Å². The molecule has 0 N–H and O–H groups in total. The highest BCUT2D eigenvalue weighted by Crippen LogP contribution is 2.32. The maximum Gasteiger partial charge on any atom is 0.237 e. The van der Waals surface area contributed by atoms with Crippen molar-refractivity contribution in [3.05, 3.63) is 60.5 Å². The van der Waals surface area contributed by atoms with E-state index in [0.29, 0.717) is 29.0 Å². The van der Waals surface area contributed by atoms with Crippen molar-refractivity contribution in [1.82, 2.24) is 20.3 Å². The summed E-state index contributed by atoms with van der Waals surface area (Å²) in [5.41, 5.74) is 2.44. The van der Waals surface area contributed by atoms with E-state index in [2.05, 4.69) is 20.3 Å². The SMILES string of the molecule is COc1cccc(-c2ccc(SCc3nc(-c4ccc(OC)cc4OC)no3)nn2)c1. The fourth-order valence-electron chi connectivity index (χ4n) is 2.88. The molecule has 0 atom stereocenters. The van der Waals surface area contributed by atoms with E-state index in [-0.39, 0.29) is 0 Å². The molecule has 158 valence electrons. The molecule has 4 rings (SSSR count). The van der Waals surface area contributed by atoms with Crippen molar-refractivity contribution in [1.29, 1.82) is 0 Å². The molecule has 0 aliphatic heterocycles. The highest BCUT2D eigenvalue weighted by molar-refractivity contribution is 7.98. The van der Waals surface area contributed by atoms with Gasteiger partial charge < -0.3 is 18.7 Å². The summed E-state index contributed by atoms with van der Waals surface area (Å²) in [6.07, 6.45) is 0. The summed E-state index contributed by atoms with van der Waals surface area (Å²) in [4.78, 5) is 4.46. The molecule has 0 saturated heterocycles. The largest absolute Gasteiger partial charge is 0.497 e. The van der Waals surface area contributed by atoms with E-state index >= 15 is 0 Å². The molecule has 2 aromatic carbocycles. The van der Waals surface area contributed by atoms with Gasteiger partial charge >= 0.3 is 0 Å². The zero-order chi connectivity index (χ0) is 21.6. The summed E-state index contributed by atoms with van der Waals surface area (Å²) in [7, 11) is 4.82. The van der Waals surface area contributed by atoms with E-state index in [4.69, 9.17) is 18.7 Å². The van der Waals surface area contributed by atoms with Crippen LogP contribution < -0.4 is 14.2 Å². The third-order valence-corrected chi connectivity index (χ3v) is 5.37. The van der Waals surface area contributed by atoms with Gasteiger partial charge in [-0.1, -0.05) is 29.1 Å². The van der Waals surface area contributed by atoms with Crippen molar-refractivity contribution in [2.75, 3.05) is 21.3 Å². The molecule has 31 heavy (non-hydrogen) atoms. The van der Waals surface area contributed by atoms with Crippen LogP contribution in [0.1, 0.15) is 5.89 Å². The summed E-state index contributed by atoms with van der Waals surface area (Å²) < 4.78 is 21.3. The molecule has 0 saturated carbocycles. The quantitative estimate of drug-likeness (QED) is 0.370. The van der Waals surface area contributed by atoms with Gasteiger partial charge in [-0.3, -0.25) is 0 Å². The molecule has 0 bridgehead atoms. The molecule has 2 aromatic heterocycles. The van der Waals surface area contributed by atoms with Crippen molar-refractivity contribution >= 4 is 11.8 Å². The lowest BCUT2D eigenvalue weighted by atomic mass is 10.1. The number of methoxy groups -OCH3 is 3. The van der Waals surface area contributed by atoms with E-state index < -0.39 is 0 Å². The van der Waals surface area contributed by atoms with Gasteiger partial charge in [0.25, 0.3) is 0 Å². The topological polar surface area (TPSA) is 92.4 Å². The average Bonchev–Trinajstić information content (AvgIpc) is 3.31. The van der Waals surface area contributed by atoms with E-state index in [1.807, 2.05) is 48.5 Å². The first kappa shape index (κ1) is 20.7. The first-order chi connectivity index (χ1) is 15.2. The molecular weight excluding hydrogens is 416 g/mol. The van der Waals surface area contributed by atoms with Crippen molar-refractivity contribution in [2.24, 2.45) is 0 Å². The second kappa shape index (κ2) is 9.48. The summed E-state index contributed by atoms with van der Waals surface area (Å²) in [5, 5.41) is 13.4. The first-order valence-electron chi connectivity index (χ1n) is 9.36. The molecule has 0 radical (unpaired) electrons. The number of thioether (sulfide) groups is 1. The van der Waals surface area contributed by atoms with Gasteiger partial charge in [0.2, 0.25) is 11.7 Å². The Morgan fingerprint density at radius 3 is 2.45 bits per heavy atom. The van der Waals surface area contributed by atoms with Gasteiger partial charge in [0.05, 0.1) is 38.3 Å². The third-order valence-electron chi connectivity index (χ3n) is 4.47. The summed E-state index contributed by atoms with van der Waals surface area (Å²) >= 11 is 1.46. The van der Waals surface area contributed by atoms with E-state index in [9.17, 15) is 0 Å². The monoisotopic (exact) mass is 436 g/mol. The van der Waals surface area contributed by atoms with Crippen LogP contribution >= 0.6 is 11.8 Å². The number of aromatic nitrogens is 4. The Bertz CT molecular complexity index is 1160. The highest BCUT2D eigenvalue weighted by atomic mass is 32.2. The molecule has 0 fully saturated rings. The minimum absolute atomic E-state index is 0.453. The number of hydrogen-bond acceptors (Lipinski definition) is 9. The highest BCUT2D eigenvalue weighted by Gasteiger charge is 2.15. The zero-order valence-electron chi connectivity index (χ0n) is 17.2. The predicted octanol–water partition coefficient (Wildman–Crippen LogP) is 4.51. The van der Waals surface area contributed by atoms with Crippen molar-refractivity contribution < 1.29 is 18.7 Å². The van der Waals surface area contributed by atoms with Crippen LogP contribution in [0.5, 0.6) is 17.2 Å². The maximum absolute atomic E-state index is 5.41. The van der Waals surface area contributed by atoms with Gasteiger partial charge in [0, 0.05) is 11.6 Å². The fraction of sp³-hybridized carbons (Fsp3) is 0.182.